The lowest BCUT2D eigenvalue weighted by Crippen LogP contribution is -2.30. The molecule has 0 unspecified atom stereocenters. The zero-order chi connectivity index (χ0) is 26.4. The number of alkyl halides is 4. The molecular formula is C31H39F4NO. The topological polar surface area (TPSA) is 33.1 Å². The number of nitrogens with zero attached hydrogens (tertiary/aromatic N) is 1. The molecule has 202 valence electrons. The first-order valence-electron chi connectivity index (χ1n) is 14.1. The van der Waals surface area contributed by atoms with Gasteiger partial charge >= 0.3 is 6.18 Å². The SMILES string of the molecule is CC1(C)Cc2nc(CC3CCCC3)c([C@@H](F)c3ccc(C(F)(F)F)cc3)c(C3CCCCC3)c2[C@@H](O)C1. The molecule has 37 heavy (non-hydrogen) atoms. The summed E-state index contributed by atoms with van der Waals surface area (Å²) in [4.78, 5) is 5.10. The predicted molar refractivity (Wildman–Crippen MR) is 137 cm³/mol. The van der Waals surface area contributed by atoms with E-state index in [-0.39, 0.29) is 16.9 Å². The Labute approximate surface area is 217 Å². The van der Waals surface area contributed by atoms with Crippen LogP contribution < -0.4 is 0 Å². The molecule has 0 bridgehead atoms. The van der Waals surface area contributed by atoms with Gasteiger partial charge in [0.2, 0.25) is 0 Å². The maximum absolute atomic E-state index is 16.7. The molecule has 6 heteroatoms. The monoisotopic (exact) mass is 517 g/mol. The van der Waals surface area contributed by atoms with Crippen molar-refractivity contribution < 1.29 is 22.7 Å². The summed E-state index contributed by atoms with van der Waals surface area (Å²) in [6.07, 6.45) is 5.02. The van der Waals surface area contributed by atoms with Gasteiger partial charge in [0, 0.05) is 22.5 Å². The Morgan fingerprint density at radius 1 is 0.946 bits per heavy atom. The van der Waals surface area contributed by atoms with Crippen LogP contribution in [0.4, 0.5) is 17.6 Å². The lowest BCUT2D eigenvalue weighted by atomic mass is 9.69. The number of benzene rings is 1. The molecule has 0 amide bonds. The summed E-state index contributed by atoms with van der Waals surface area (Å²) in [7, 11) is 0. The molecule has 1 N–H and O–H groups in total. The Morgan fingerprint density at radius 3 is 2.19 bits per heavy atom. The first-order chi connectivity index (χ1) is 17.5. The molecule has 1 aromatic heterocycles. The minimum absolute atomic E-state index is 0.0993. The van der Waals surface area contributed by atoms with Gasteiger partial charge in [-0.1, -0.05) is 70.9 Å². The second-order valence-corrected chi connectivity index (χ2v) is 12.5. The molecule has 0 radical (unpaired) electrons. The number of pyridine rings is 1. The van der Waals surface area contributed by atoms with Crippen LogP contribution in [0.5, 0.6) is 0 Å². The maximum Gasteiger partial charge on any atom is 0.416 e. The summed E-state index contributed by atoms with van der Waals surface area (Å²) in [5.41, 5.74) is 3.30. The van der Waals surface area contributed by atoms with Gasteiger partial charge in [-0.3, -0.25) is 4.98 Å². The van der Waals surface area contributed by atoms with Crippen LogP contribution in [0.15, 0.2) is 24.3 Å². The van der Waals surface area contributed by atoms with Crippen LogP contribution in [0, 0.1) is 11.3 Å². The molecule has 1 aromatic carbocycles. The van der Waals surface area contributed by atoms with Crippen molar-refractivity contribution in [2.75, 3.05) is 0 Å². The quantitative estimate of drug-likeness (QED) is 0.402. The molecule has 0 aliphatic heterocycles. The van der Waals surface area contributed by atoms with Crippen molar-refractivity contribution in [2.45, 2.75) is 115 Å². The lowest BCUT2D eigenvalue weighted by Gasteiger charge is -2.39. The summed E-state index contributed by atoms with van der Waals surface area (Å²) in [5.74, 6) is 0.594. The highest BCUT2D eigenvalue weighted by molar-refractivity contribution is 5.50. The van der Waals surface area contributed by atoms with Crippen molar-refractivity contribution >= 4 is 0 Å². The first kappa shape index (κ1) is 26.6. The Hall–Kier alpha value is -1.95. The van der Waals surface area contributed by atoms with E-state index in [1.165, 1.54) is 25.0 Å². The standard InChI is InChI=1S/C31H39F4NO/c1-30(2)17-24-27(25(37)18-30)26(20-10-4-3-5-11-20)28(23(36-24)16-19-8-6-7-9-19)29(32)21-12-14-22(15-13-21)31(33,34)35/h12-15,19-20,25,29,37H,3-11,16-18H2,1-2H3/t25-,29-/m0/s1. The minimum atomic E-state index is -4.46. The zero-order valence-electron chi connectivity index (χ0n) is 22.0. The second kappa shape index (κ2) is 10.3. The molecule has 2 nitrogen and oxygen atoms in total. The first-order valence-corrected chi connectivity index (χ1v) is 14.1. The fraction of sp³-hybridized carbons (Fsp3) is 0.645. The number of aliphatic hydroxyl groups is 1. The molecular weight excluding hydrogens is 478 g/mol. The van der Waals surface area contributed by atoms with Gasteiger partial charge in [0.1, 0.15) is 0 Å². The van der Waals surface area contributed by atoms with Crippen molar-refractivity contribution in [2.24, 2.45) is 11.3 Å². The zero-order valence-corrected chi connectivity index (χ0v) is 22.0. The second-order valence-electron chi connectivity index (χ2n) is 12.5. The van der Waals surface area contributed by atoms with Crippen molar-refractivity contribution in [1.82, 2.24) is 4.98 Å². The average Bonchev–Trinajstić information content (AvgIpc) is 3.35. The van der Waals surface area contributed by atoms with E-state index < -0.39 is 24.0 Å². The van der Waals surface area contributed by atoms with Crippen LogP contribution in [0.3, 0.4) is 0 Å². The van der Waals surface area contributed by atoms with Crippen LogP contribution in [0.2, 0.25) is 0 Å². The highest BCUT2D eigenvalue weighted by atomic mass is 19.4. The molecule has 5 rings (SSSR count). The van der Waals surface area contributed by atoms with Crippen molar-refractivity contribution in [1.29, 1.82) is 0 Å². The van der Waals surface area contributed by atoms with Gasteiger partial charge < -0.3 is 5.11 Å². The molecule has 3 aliphatic carbocycles. The summed E-state index contributed by atoms with van der Waals surface area (Å²) in [6, 6.07) is 4.50. The number of aromatic nitrogens is 1. The van der Waals surface area contributed by atoms with Crippen molar-refractivity contribution in [3.8, 4) is 0 Å². The Bertz CT molecular complexity index is 1100. The van der Waals surface area contributed by atoms with E-state index in [1.807, 2.05) is 0 Å². The molecule has 2 aromatic rings. The third-order valence-electron chi connectivity index (χ3n) is 8.95. The van der Waals surface area contributed by atoms with Gasteiger partial charge in [-0.2, -0.15) is 13.2 Å². The fourth-order valence-corrected chi connectivity index (χ4v) is 7.16. The van der Waals surface area contributed by atoms with Crippen LogP contribution >= 0.6 is 0 Å². The fourth-order valence-electron chi connectivity index (χ4n) is 7.16. The van der Waals surface area contributed by atoms with E-state index in [0.717, 1.165) is 86.0 Å². The Kier molecular flexibility index (Phi) is 7.43. The third-order valence-corrected chi connectivity index (χ3v) is 8.95. The predicted octanol–water partition coefficient (Wildman–Crippen LogP) is 8.95. The maximum atomic E-state index is 16.7. The summed E-state index contributed by atoms with van der Waals surface area (Å²) in [6.45, 7) is 4.29. The van der Waals surface area contributed by atoms with Gasteiger partial charge in [0.25, 0.3) is 0 Å². The minimum Gasteiger partial charge on any atom is -0.388 e. The molecule has 2 atom stereocenters. The molecule has 0 spiro atoms. The highest BCUT2D eigenvalue weighted by Crippen LogP contribution is 2.50. The van der Waals surface area contributed by atoms with E-state index in [0.29, 0.717) is 24.3 Å². The molecule has 3 aliphatic rings. The average molecular weight is 518 g/mol. The summed E-state index contributed by atoms with van der Waals surface area (Å²) < 4.78 is 56.3. The number of halogens is 4. The van der Waals surface area contributed by atoms with Crippen LogP contribution in [-0.2, 0) is 19.0 Å². The molecule has 2 saturated carbocycles. The normalized spacial score (nSPS) is 23.7. The highest BCUT2D eigenvalue weighted by Gasteiger charge is 2.40. The molecule has 0 saturated heterocycles. The number of hydrogen-bond acceptors (Lipinski definition) is 2. The van der Waals surface area contributed by atoms with E-state index in [2.05, 4.69) is 13.8 Å². The Balaban J connectivity index is 1.68. The van der Waals surface area contributed by atoms with Crippen LogP contribution in [0.1, 0.15) is 135 Å². The van der Waals surface area contributed by atoms with Crippen molar-refractivity contribution in [3.05, 3.63) is 63.5 Å². The van der Waals surface area contributed by atoms with Gasteiger partial charge in [-0.15, -0.1) is 0 Å². The van der Waals surface area contributed by atoms with E-state index in [1.54, 1.807) is 0 Å². The lowest BCUT2D eigenvalue weighted by molar-refractivity contribution is -0.137. The number of hydrogen-bond donors (Lipinski definition) is 1. The largest absolute Gasteiger partial charge is 0.416 e. The van der Waals surface area contributed by atoms with Gasteiger partial charge in [0.05, 0.1) is 11.7 Å². The van der Waals surface area contributed by atoms with E-state index in [9.17, 15) is 18.3 Å². The van der Waals surface area contributed by atoms with Crippen LogP contribution in [0.25, 0.3) is 0 Å². The molecule has 1 heterocycles. The number of aliphatic hydroxyl groups excluding tert-OH is 1. The smallest absolute Gasteiger partial charge is 0.388 e. The summed E-state index contributed by atoms with van der Waals surface area (Å²) in [5, 5.41) is 11.4. The third kappa shape index (κ3) is 5.60. The van der Waals surface area contributed by atoms with Gasteiger partial charge in [-0.05, 0) is 72.6 Å². The summed E-state index contributed by atoms with van der Waals surface area (Å²) >= 11 is 0. The van der Waals surface area contributed by atoms with Gasteiger partial charge in [0.15, 0.2) is 6.17 Å². The van der Waals surface area contributed by atoms with Gasteiger partial charge in [-0.25, -0.2) is 4.39 Å². The Morgan fingerprint density at radius 2 is 1.57 bits per heavy atom. The van der Waals surface area contributed by atoms with E-state index in [4.69, 9.17) is 4.98 Å². The number of fused-ring (bicyclic) bond motifs is 1. The molecule has 2 fully saturated rings. The van der Waals surface area contributed by atoms with E-state index >= 15 is 4.39 Å². The van der Waals surface area contributed by atoms with Crippen molar-refractivity contribution in [3.63, 3.8) is 0 Å². The number of rotatable bonds is 5. The van der Waals surface area contributed by atoms with Crippen LogP contribution in [-0.4, -0.2) is 10.1 Å².